The maximum absolute atomic E-state index is 12.0. The van der Waals surface area contributed by atoms with Crippen LogP contribution < -0.4 is 5.73 Å². The smallest absolute Gasteiger partial charge is 0.181 e. The largest absolute Gasteiger partial charge is 0.397 e. The molecule has 0 aliphatic heterocycles. The quantitative estimate of drug-likeness (QED) is 0.735. The van der Waals surface area contributed by atoms with E-state index in [-0.39, 0.29) is 5.78 Å². The molecule has 3 nitrogen and oxygen atoms in total. The lowest BCUT2D eigenvalue weighted by Crippen LogP contribution is -2.10. The number of hydrogen-bond acceptors (Lipinski definition) is 3. The maximum atomic E-state index is 12.0. The number of carbonyl (C=O) groups is 1. The summed E-state index contributed by atoms with van der Waals surface area (Å²) in [4.78, 5) is 16.1. The third kappa shape index (κ3) is 4.55. The number of aromatic nitrogens is 1. The SMILES string of the molecule is CCCCC(CC)CC(=O)c1ccc(N)cn1. The highest BCUT2D eigenvalue weighted by atomic mass is 16.1. The van der Waals surface area contributed by atoms with E-state index in [4.69, 9.17) is 5.73 Å². The van der Waals surface area contributed by atoms with Gasteiger partial charge in [0, 0.05) is 6.42 Å². The number of unbranched alkanes of at least 4 members (excludes halogenated alkanes) is 1. The molecule has 1 heterocycles. The van der Waals surface area contributed by atoms with Gasteiger partial charge in [0.25, 0.3) is 0 Å². The molecule has 1 rings (SSSR count). The molecular weight excluding hydrogens is 212 g/mol. The molecule has 0 saturated carbocycles. The van der Waals surface area contributed by atoms with Crippen LogP contribution in [-0.4, -0.2) is 10.8 Å². The van der Waals surface area contributed by atoms with Gasteiger partial charge in [0.05, 0.1) is 11.9 Å². The van der Waals surface area contributed by atoms with E-state index in [0.717, 1.165) is 12.8 Å². The van der Waals surface area contributed by atoms with Gasteiger partial charge >= 0.3 is 0 Å². The molecule has 1 atom stereocenters. The summed E-state index contributed by atoms with van der Waals surface area (Å²) < 4.78 is 0. The van der Waals surface area contributed by atoms with Crippen LogP contribution in [0.1, 0.15) is 56.4 Å². The molecule has 94 valence electrons. The van der Waals surface area contributed by atoms with Gasteiger partial charge in [-0.15, -0.1) is 0 Å². The molecule has 0 radical (unpaired) electrons. The van der Waals surface area contributed by atoms with Gasteiger partial charge in [0.1, 0.15) is 5.69 Å². The fourth-order valence-corrected chi connectivity index (χ4v) is 1.88. The van der Waals surface area contributed by atoms with Crippen LogP contribution in [0.5, 0.6) is 0 Å². The first kappa shape index (κ1) is 13.7. The molecule has 0 bridgehead atoms. The van der Waals surface area contributed by atoms with Gasteiger partial charge in [-0.2, -0.15) is 0 Å². The van der Waals surface area contributed by atoms with Crippen LogP contribution >= 0.6 is 0 Å². The third-order valence-corrected chi connectivity index (χ3v) is 3.09. The molecular formula is C14H22N2O. The molecule has 0 spiro atoms. The van der Waals surface area contributed by atoms with Crippen LogP contribution in [0.15, 0.2) is 18.3 Å². The molecule has 1 unspecified atom stereocenters. The van der Waals surface area contributed by atoms with Gasteiger partial charge < -0.3 is 5.73 Å². The number of carbonyl (C=O) groups excluding carboxylic acids is 1. The summed E-state index contributed by atoms with van der Waals surface area (Å²) in [5.74, 6) is 0.620. The molecule has 3 heteroatoms. The molecule has 0 saturated heterocycles. The molecule has 1 aromatic heterocycles. The average molecular weight is 234 g/mol. The van der Waals surface area contributed by atoms with Crippen molar-refractivity contribution >= 4 is 11.5 Å². The van der Waals surface area contributed by atoms with Crippen molar-refractivity contribution in [3.63, 3.8) is 0 Å². The number of nitrogens with two attached hydrogens (primary N) is 1. The molecule has 0 amide bonds. The summed E-state index contributed by atoms with van der Waals surface area (Å²) in [5, 5.41) is 0. The predicted molar refractivity (Wildman–Crippen MR) is 70.9 cm³/mol. The Labute approximate surface area is 103 Å². The second kappa shape index (κ2) is 7.05. The van der Waals surface area contributed by atoms with Gasteiger partial charge in [0.2, 0.25) is 0 Å². The predicted octanol–water partition coefficient (Wildman–Crippen LogP) is 3.45. The first-order chi connectivity index (χ1) is 8.17. The molecule has 0 aliphatic rings. The number of Topliss-reactive ketones (excluding diaryl/α,β-unsaturated/α-hetero) is 1. The lowest BCUT2D eigenvalue weighted by atomic mass is 9.93. The zero-order chi connectivity index (χ0) is 12.7. The van der Waals surface area contributed by atoms with Gasteiger partial charge in [0.15, 0.2) is 5.78 Å². The Kier molecular flexibility index (Phi) is 5.67. The maximum Gasteiger partial charge on any atom is 0.181 e. The second-order valence-corrected chi connectivity index (χ2v) is 4.52. The Morgan fingerprint density at radius 2 is 2.18 bits per heavy atom. The number of ketones is 1. The highest BCUT2D eigenvalue weighted by molar-refractivity contribution is 5.94. The van der Waals surface area contributed by atoms with Crippen LogP contribution in [0, 0.1) is 5.92 Å². The zero-order valence-electron chi connectivity index (χ0n) is 10.8. The number of hydrogen-bond donors (Lipinski definition) is 1. The van der Waals surface area contributed by atoms with E-state index in [1.807, 2.05) is 0 Å². The Balaban J connectivity index is 2.54. The van der Waals surface area contributed by atoms with E-state index < -0.39 is 0 Å². The van der Waals surface area contributed by atoms with Crippen molar-refractivity contribution in [2.45, 2.75) is 46.0 Å². The first-order valence-electron chi connectivity index (χ1n) is 6.42. The van der Waals surface area contributed by atoms with Gasteiger partial charge in [-0.25, -0.2) is 0 Å². The third-order valence-electron chi connectivity index (χ3n) is 3.09. The molecule has 0 fully saturated rings. The fourth-order valence-electron chi connectivity index (χ4n) is 1.88. The minimum atomic E-state index is 0.132. The van der Waals surface area contributed by atoms with Crippen molar-refractivity contribution in [1.29, 1.82) is 0 Å². The molecule has 0 aliphatic carbocycles. The Bertz CT molecular complexity index is 346. The van der Waals surface area contributed by atoms with Crippen molar-refractivity contribution in [2.75, 3.05) is 5.73 Å². The summed E-state index contributed by atoms with van der Waals surface area (Å²) in [7, 11) is 0. The van der Waals surface area contributed by atoms with Crippen molar-refractivity contribution in [3.05, 3.63) is 24.0 Å². The standard InChI is InChI=1S/C14H22N2O/c1-3-5-6-11(4-2)9-14(17)13-8-7-12(15)10-16-13/h7-8,10-11H,3-6,9,15H2,1-2H3. The molecule has 17 heavy (non-hydrogen) atoms. The van der Waals surface area contributed by atoms with E-state index >= 15 is 0 Å². The number of anilines is 1. The minimum absolute atomic E-state index is 0.132. The Hall–Kier alpha value is -1.38. The zero-order valence-corrected chi connectivity index (χ0v) is 10.8. The van der Waals surface area contributed by atoms with Gasteiger partial charge in [-0.1, -0.05) is 39.5 Å². The normalized spacial score (nSPS) is 12.4. The van der Waals surface area contributed by atoms with Gasteiger partial charge in [-0.05, 0) is 18.1 Å². The first-order valence-corrected chi connectivity index (χ1v) is 6.42. The summed E-state index contributed by atoms with van der Waals surface area (Å²) in [6.07, 6.45) is 6.72. The summed E-state index contributed by atoms with van der Waals surface area (Å²) in [5.41, 5.74) is 6.68. The highest BCUT2D eigenvalue weighted by Gasteiger charge is 2.14. The van der Waals surface area contributed by atoms with Crippen LogP contribution in [0.3, 0.4) is 0 Å². The van der Waals surface area contributed by atoms with E-state index in [1.54, 1.807) is 18.3 Å². The number of nitrogen functional groups attached to an aromatic ring is 1. The lowest BCUT2D eigenvalue weighted by molar-refractivity contribution is 0.0952. The highest BCUT2D eigenvalue weighted by Crippen LogP contribution is 2.19. The van der Waals surface area contributed by atoms with Crippen LogP contribution in [0.2, 0.25) is 0 Å². The minimum Gasteiger partial charge on any atom is -0.397 e. The lowest BCUT2D eigenvalue weighted by Gasteiger charge is -2.12. The molecule has 2 N–H and O–H groups in total. The van der Waals surface area contributed by atoms with Crippen molar-refractivity contribution < 1.29 is 4.79 Å². The van der Waals surface area contributed by atoms with Crippen LogP contribution in [0.4, 0.5) is 5.69 Å². The fraction of sp³-hybridized carbons (Fsp3) is 0.571. The monoisotopic (exact) mass is 234 g/mol. The van der Waals surface area contributed by atoms with E-state index in [1.165, 1.54) is 12.8 Å². The topological polar surface area (TPSA) is 56.0 Å². The summed E-state index contributed by atoms with van der Waals surface area (Å²) in [6.45, 7) is 4.32. The Morgan fingerprint density at radius 1 is 1.41 bits per heavy atom. The van der Waals surface area contributed by atoms with Crippen LogP contribution in [-0.2, 0) is 0 Å². The van der Waals surface area contributed by atoms with Gasteiger partial charge in [-0.3, -0.25) is 9.78 Å². The van der Waals surface area contributed by atoms with E-state index in [0.29, 0.717) is 23.7 Å². The summed E-state index contributed by atoms with van der Waals surface area (Å²) >= 11 is 0. The summed E-state index contributed by atoms with van der Waals surface area (Å²) in [6, 6.07) is 3.44. The number of nitrogens with zero attached hydrogens (tertiary/aromatic N) is 1. The number of rotatable bonds is 7. The van der Waals surface area contributed by atoms with E-state index in [9.17, 15) is 4.79 Å². The van der Waals surface area contributed by atoms with Crippen molar-refractivity contribution in [3.8, 4) is 0 Å². The van der Waals surface area contributed by atoms with Crippen molar-refractivity contribution in [1.82, 2.24) is 4.98 Å². The average Bonchev–Trinajstić information content (AvgIpc) is 2.35. The molecule has 1 aromatic rings. The van der Waals surface area contributed by atoms with Crippen LogP contribution in [0.25, 0.3) is 0 Å². The number of pyridine rings is 1. The van der Waals surface area contributed by atoms with E-state index in [2.05, 4.69) is 18.8 Å². The second-order valence-electron chi connectivity index (χ2n) is 4.52. The molecule has 0 aromatic carbocycles. The van der Waals surface area contributed by atoms with Crippen molar-refractivity contribution in [2.24, 2.45) is 5.92 Å². The Morgan fingerprint density at radius 3 is 2.71 bits per heavy atom.